The summed E-state index contributed by atoms with van der Waals surface area (Å²) in [6.07, 6.45) is -2.36. The minimum Gasteiger partial charge on any atom is -0.297 e. The summed E-state index contributed by atoms with van der Waals surface area (Å²) in [4.78, 5) is 1.97. The van der Waals surface area contributed by atoms with Gasteiger partial charge in [0.25, 0.3) is 0 Å². The zero-order valence-corrected chi connectivity index (χ0v) is 16.0. The minimum atomic E-state index is -4.59. The highest BCUT2D eigenvalue weighted by atomic mass is 32.2. The fourth-order valence-electron chi connectivity index (χ4n) is 3.76. The number of alkyl halides is 3. The Morgan fingerprint density at radius 1 is 0.929 bits per heavy atom. The molecule has 0 bridgehead atoms. The number of benzene rings is 2. The summed E-state index contributed by atoms with van der Waals surface area (Å²) in [7, 11) is -4.06. The number of sulfonamides is 1. The summed E-state index contributed by atoms with van der Waals surface area (Å²) in [5, 5.41) is 0. The second kappa shape index (κ2) is 7.17. The lowest BCUT2D eigenvalue weighted by molar-refractivity contribution is -0.137. The fourth-order valence-corrected chi connectivity index (χ4v) is 5.40. The van der Waals surface area contributed by atoms with E-state index in [4.69, 9.17) is 0 Å². The Labute approximate surface area is 162 Å². The Hall–Kier alpha value is -1.90. The number of halogens is 3. The van der Waals surface area contributed by atoms with Crippen LogP contribution in [-0.2, 0) is 16.2 Å². The van der Waals surface area contributed by atoms with Crippen molar-refractivity contribution in [1.82, 2.24) is 9.21 Å². The van der Waals surface area contributed by atoms with Gasteiger partial charge >= 0.3 is 6.18 Å². The van der Waals surface area contributed by atoms with E-state index in [1.54, 1.807) is 0 Å². The highest BCUT2D eigenvalue weighted by molar-refractivity contribution is 7.89. The zero-order valence-electron chi connectivity index (χ0n) is 15.1. The van der Waals surface area contributed by atoms with Crippen LogP contribution in [0.2, 0.25) is 0 Å². The maximum absolute atomic E-state index is 13.3. The Kier molecular flexibility index (Phi) is 4.97. The minimum absolute atomic E-state index is 0.259. The molecule has 2 aliphatic rings. The van der Waals surface area contributed by atoms with Crippen molar-refractivity contribution in [3.05, 3.63) is 65.7 Å². The van der Waals surface area contributed by atoms with Gasteiger partial charge in [0.05, 0.1) is 16.5 Å². The third-order valence-electron chi connectivity index (χ3n) is 5.38. The largest absolute Gasteiger partial charge is 0.416 e. The van der Waals surface area contributed by atoms with Crippen molar-refractivity contribution in [1.29, 1.82) is 0 Å². The molecule has 1 heterocycles. The van der Waals surface area contributed by atoms with Gasteiger partial charge in [0.1, 0.15) is 0 Å². The quantitative estimate of drug-likeness (QED) is 0.767. The van der Waals surface area contributed by atoms with Crippen molar-refractivity contribution >= 4 is 10.0 Å². The van der Waals surface area contributed by atoms with Gasteiger partial charge in [0.2, 0.25) is 10.0 Å². The molecule has 2 fully saturated rings. The van der Waals surface area contributed by atoms with E-state index in [1.807, 2.05) is 30.3 Å². The molecule has 1 aliphatic carbocycles. The first-order valence-electron chi connectivity index (χ1n) is 9.25. The molecule has 0 N–H and O–H groups in total. The summed E-state index contributed by atoms with van der Waals surface area (Å²) in [6, 6.07) is 13.4. The van der Waals surface area contributed by atoms with E-state index in [0.717, 1.165) is 36.6 Å². The predicted molar refractivity (Wildman–Crippen MR) is 99.1 cm³/mol. The Bertz CT molecular complexity index is 943. The third-order valence-corrected chi connectivity index (χ3v) is 7.28. The van der Waals surface area contributed by atoms with E-state index in [9.17, 15) is 21.6 Å². The second-order valence-electron chi connectivity index (χ2n) is 7.29. The average Bonchev–Trinajstić information content (AvgIpc) is 3.53. The predicted octanol–water partition coefficient (Wildman–Crippen LogP) is 3.92. The number of piperazine rings is 1. The molecule has 1 atom stereocenters. The molecule has 0 aromatic heterocycles. The summed E-state index contributed by atoms with van der Waals surface area (Å²) in [5.41, 5.74) is -0.107. The number of rotatable bonds is 4. The molecule has 8 heteroatoms. The van der Waals surface area contributed by atoms with Crippen LogP contribution >= 0.6 is 0 Å². The summed E-state index contributed by atoms with van der Waals surface area (Å²) in [5.74, 6) is 0. The topological polar surface area (TPSA) is 40.6 Å². The molecule has 1 saturated heterocycles. The first-order chi connectivity index (χ1) is 13.3. The van der Waals surface area contributed by atoms with Crippen molar-refractivity contribution in [3.8, 4) is 0 Å². The normalized spacial score (nSPS) is 22.3. The standard InChI is InChI=1S/C20H21F3N2O2S/c21-20(22,23)16-7-4-8-18(13-16)28(26,27)25-12-11-24(17-9-10-17)14-19(25)15-5-2-1-3-6-15/h1-8,13,17,19H,9-12,14H2. The lowest BCUT2D eigenvalue weighted by Crippen LogP contribution is -2.51. The molecule has 1 aliphatic heterocycles. The highest BCUT2D eigenvalue weighted by Gasteiger charge is 2.41. The van der Waals surface area contributed by atoms with E-state index in [-0.39, 0.29) is 11.4 Å². The lowest BCUT2D eigenvalue weighted by atomic mass is 10.0. The summed E-state index contributed by atoms with van der Waals surface area (Å²) >= 11 is 0. The van der Waals surface area contributed by atoms with Gasteiger partial charge in [-0.1, -0.05) is 36.4 Å². The van der Waals surface area contributed by atoms with Gasteiger partial charge in [-0.3, -0.25) is 4.90 Å². The van der Waals surface area contributed by atoms with Crippen LogP contribution in [0.3, 0.4) is 0 Å². The monoisotopic (exact) mass is 410 g/mol. The van der Waals surface area contributed by atoms with E-state index in [2.05, 4.69) is 4.90 Å². The van der Waals surface area contributed by atoms with Crippen molar-refractivity contribution in [3.63, 3.8) is 0 Å². The first kappa shape index (κ1) is 19.4. The van der Waals surface area contributed by atoms with Crippen LogP contribution in [0.5, 0.6) is 0 Å². The molecule has 4 rings (SSSR count). The second-order valence-corrected chi connectivity index (χ2v) is 9.18. The van der Waals surface area contributed by atoms with E-state index >= 15 is 0 Å². The number of hydrogen-bond acceptors (Lipinski definition) is 3. The molecule has 2 aromatic rings. The number of nitrogens with zero attached hydrogens (tertiary/aromatic N) is 2. The van der Waals surface area contributed by atoms with Crippen molar-refractivity contribution < 1.29 is 21.6 Å². The molecular weight excluding hydrogens is 389 g/mol. The van der Waals surface area contributed by atoms with Crippen LogP contribution in [0.4, 0.5) is 13.2 Å². The molecule has 4 nitrogen and oxygen atoms in total. The fraction of sp³-hybridized carbons (Fsp3) is 0.400. The smallest absolute Gasteiger partial charge is 0.297 e. The first-order valence-corrected chi connectivity index (χ1v) is 10.7. The van der Waals surface area contributed by atoms with Gasteiger partial charge in [-0.05, 0) is 36.6 Å². The van der Waals surface area contributed by atoms with E-state index < -0.39 is 27.8 Å². The van der Waals surface area contributed by atoms with Crippen LogP contribution in [0, 0.1) is 0 Å². The SMILES string of the molecule is O=S(=O)(c1cccc(C(F)(F)F)c1)N1CCN(C2CC2)CC1c1ccccc1. The molecule has 0 radical (unpaired) electrons. The van der Waals surface area contributed by atoms with Gasteiger partial charge in [-0.2, -0.15) is 17.5 Å². The average molecular weight is 410 g/mol. The summed E-state index contributed by atoms with van der Waals surface area (Å²) < 4.78 is 67.1. The zero-order chi connectivity index (χ0) is 19.9. The maximum Gasteiger partial charge on any atom is 0.416 e. The molecule has 0 amide bonds. The van der Waals surface area contributed by atoms with Gasteiger partial charge in [0, 0.05) is 25.7 Å². The Morgan fingerprint density at radius 3 is 2.29 bits per heavy atom. The van der Waals surface area contributed by atoms with Crippen LogP contribution < -0.4 is 0 Å². The highest BCUT2D eigenvalue weighted by Crippen LogP contribution is 2.37. The Morgan fingerprint density at radius 2 is 1.64 bits per heavy atom. The van der Waals surface area contributed by atoms with Gasteiger partial charge in [0.15, 0.2) is 0 Å². The third kappa shape index (κ3) is 3.81. The van der Waals surface area contributed by atoms with Gasteiger partial charge in [-0.25, -0.2) is 8.42 Å². The molecule has 150 valence electrons. The maximum atomic E-state index is 13.3. The molecule has 1 unspecified atom stereocenters. The van der Waals surface area contributed by atoms with Gasteiger partial charge in [-0.15, -0.1) is 0 Å². The van der Waals surface area contributed by atoms with Crippen LogP contribution in [0.15, 0.2) is 59.5 Å². The van der Waals surface area contributed by atoms with Crippen LogP contribution in [0.1, 0.15) is 30.0 Å². The molecule has 0 spiro atoms. The molecular formula is C20H21F3N2O2S. The number of hydrogen-bond donors (Lipinski definition) is 0. The van der Waals surface area contributed by atoms with Crippen molar-refractivity contribution in [2.45, 2.75) is 36.0 Å². The lowest BCUT2D eigenvalue weighted by Gasteiger charge is -2.41. The summed E-state index contributed by atoms with van der Waals surface area (Å²) in [6.45, 7) is 1.40. The van der Waals surface area contributed by atoms with Gasteiger partial charge < -0.3 is 0 Å². The molecule has 28 heavy (non-hydrogen) atoms. The molecule has 1 saturated carbocycles. The Balaban J connectivity index is 1.70. The van der Waals surface area contributed by atoms with E-state index in [1.165, 1.54) is 10.4 Å². The van der Waals surface area contributed by atoms with Crippen LogP contribution in [0.25, 0.3) is 0 Å². The van der Waals surface area contributed by atoms with E-state index in [0.29, 0.717) is 19.1 Å². The van der Waals surface area contributed by atoms with Crippen LogP contribution in [-0.4, -0.2) is 43.3 Å². The molecule has 2 aromatic carbocycles. The van der Waals surface area contributed by atoms with Crippen molar-refractivity contribution in [2.75, 3.05) is 19.6 Å². The van der Waals surface area contributed by atoms with Crippen molar-refractivity contribution in [2.24, 2.45) is 0 Å².